The van der Waals surface area contributed by atoms with Gasteiger partial charge in [-0.15, -0.1) is 0 Å². The van der Waals surface area contributed by atoms with Crippen LogP contribution in [0.4, 0.5) is 0 Å². The molecule has 0 N–H and O–H groups in total. The Balaban J connectivity index is 2.11. The van der Waals surface area contributed by atoms with Crippen molar-refractivity contribution in [1.29, 1.82) is 0 Å². The molecule has 1 heterocycles. The van der Waals surface area contributed by atoms with Gasteiger partial charge in [0.1, 0.15) is 12.4 Å². The van der Waals surface area contributed by atoms with Gasteiger partial charge in [0.2, 0.25) is 0 Å². The van der Waals surface area contributed by atoms with Crippen LogP contribution in [-0.4, -0.2) is 17.1 Å². The Morgan fingerprint density at radius 2 is 1.53 bits per heavy atom. The van der Waals surface area contributed by atoms with E-state index in [1.165, 1.54) is 10.8 Å². The lowest BCUT2D eigenvalue weighted by Crippen LogP contribution is -2.14. The Morgan fingerprint density at radius 1 is 1.00 bits per heavy atom. The molecule has 3 rings (SSSR count). The summed E-state index contributed by atoms with van der Waals surface area (Å²) in [5.74, 6) is 0.140. The minimum absolute atomic E-state index is 0.140. The Morgan fingerprint density at radius 3 is 2.05 bits per heavy atom. The highest BCUT2D eigenvalue weighted by atomic mass is 16.7. The number of para-hydroxylation sites is 2. The molecule has 0 saturated heterocycles. The van der Waals surface area contributed by atoms with Gasteiger partial charge >= 0.3 is 0 Å². The Labute approximate surface area is 111 Å². The second-order valence-electron chi connectivity index (χ2n) is 4.61. The van der Waals surface area contributed by atoms with Crippen molar-refractivity contribution >= 4 is 27.6 Å². The Bertz CT molecular complexity index is 689. The highest BCUT2D eigenvalue weighted by Crippen LogP contribution is 2.27. The summed E-state index contributed by atoms with van der Waals surface area (Å²) in [6.45, 7) is 1.98. The number of carbonyl (C=O) groups excluding carboxylic acids is 1. The molecule has 19 heavy (non-hydrogen) atoms. The molecule has 1 aromatic heterocycles. The number of benzene rings is 2. The van der Waals surface area contributed by atoms with E-state index >= 15 is 0 Å². The minimum Gasteiger partial charge on any atom is -0.413 e. The molecule has 0 atom stereocenters. The molecular formula is C16H15NO2. The van der Waals surface area contributed by atoms with Gasteiger partial charge in [-0.2, -0.15) is 4.73 Å². The maximum absolute atomic E-state index is 11.0. The molecule has 3 heteroatoms. The van der Waals surface area contributed by atoms with Crippen LogP contribution in [-0.2, 0) is 4.79 Å². The smallest absolute Gasteiger partial charge is 0.133 e. The fraction of sp³-hybridized carbons (Fsp3) is 0.188. The maximum atomic E-state index is 11.0. The molecular weight excluding hydrogens is 238 g/mol. The molecule has 2 aromatic carbocycles. The number of rotatable bonds is 4. The molecule has 0 aliphatic heterocycles. The first-order valence-corrected chi connectivity index (χ1v) is 6.38. The van der Waals surface area contributed by atoms with Gasteiger partial charge in [-0.3, -0.25) is 4.79 Å². The average Bonchev–Trinajstić information content (AvgIpc) is 2.74. The summed E-state index contributed by atoms with van der Waals surface area (Å²) in [6.07, 6.45) is 0.431. The summed E-state index contributed by atoms with van der Waals surface area (Å²) in [5, 5.41) is 2.34. The summed E-state index contributed by atoms with van der Waals surface area (Å²) >= 11 is 0. The molecule has 3 aromatic rings. The number of fused-ring (bicyclic) bond motifs is 3. The average molecular weight is 253 g/mol. The van der Waals surface area contributed by atoms with Crippen LogP contribution in [0.25, 0.3) is 21.8 Å². The molecule has 0 saturated carbocycles. The zero-order valence-electron chi connectivity index (χ0n) is 10.8. The van der Waals surface area contributed by atoms with Gasteiger partial charge in [0, 0.05) is 17.2 Å². The molecule has 96 valence electrons. The van der Waals surface area contributed by atoms with E-state index in [1.54, 1.807) is 6.92 Å². The molecule has 0 radical (unpaired) electrons. The molecule has 0 aliphatic carbocycles. The van der Waals surface area contributed by atoms with Gasteiger partial charge in [0.15, 0.2) is 0 Å². The topological polar surface area (TPSA) is 31.2 Å². The molecule has 3 nitrogen and oxygen atoms in total. The van der Waals surface area contributed by atoms with Crippen LogP contribution >= 0.6 is 0 Å². The second kappa shape index (κ2) is 4.76. The van der Waals surface area contributed by atoms with Gasteiger partial charge in [-0.05, 0) is 19.1 Å². The normalized spacial score (nSPS) is 11.0. The quantitative estimate of drug-likeness (QED) is 0.715. The molecule has 0 aliphatic rings. The van der Waals surface area contributed by atoms with Crippen LogP contribution in [0, 0.1) is 0 Å². The van der Waals surface area contributed by atoms with Crippen molar-refractivity contribution in [2.45, 2.75) is 13.3 Å². The number of hydrogen-bond donors (Lipinski definition) is 0. The van der Waals surface area contributed by atoms with Crippen LogP contribution < -0.4 is 4.84 Å². The second-order valence-corrected chi connectivity index (χ2v) is 4.61. The van der Waals surface area contributed by atoms with Gasteiger partial charge in [0.05, 0.1) is 11.0 Å². The summed E-state index contributed by atoms with van der Waals surface area (Å²) in [5.41, 5.74) is 2.07. The zero-order chi connectivity index (χ0) is 13.2. The monoisotopic (exact) mass is 253 g/mol. The van der Waals surface area contributed by atoms with Crippen molar-refractivity contribution in [2.24, 2.45) is 0 Å². The fourth-order valence-electron chi connectivity index (χ4n) is 2.31. The van der Waals surface area contributed by atoms with E-state index in [0.29, 0.717) is 13.0 Å². The van der Waals surface area contributed by atoms with Crippen LogP contribution in [0.1, 0.15) is 13.3 Å². The van der Waals surface area contributed by atoms with E-state index in [9.17, 15) is 4.79 Å². The number of nitrogens with zero attached hydrogens (tertiary/aromatic N) is 1. The van der Waals surface area contributed by atoms with Crippen molar-refractivity contribution < 1.29 is 9.63 Å². The van der Waals surface area contributed by atoms with E-state index in [1.807, 2.05) is 41.1 Å². The predicted molar refractivity (Wildman–Crippen MR) is 76.2 cm³/mol. The van der Waals surface area contributed by atoms with E-state index in [2.05, 4.69) is 12.1 Å². The standard InChI is InChI=1S/C16H15NO2/c1-12(18)10-11-19-17-15-8-4-2-6-13(15)14-7-3-5-9-16(14)17/h2-9H,10-11H2,1H3. The first kappa shape index (κ1) is 11.8. The van der Waals surface area contributed by atoms with Crippen molar-refractivity contribution in [3.8, 4) is 0 Å². The molecule has 0 spiro atoms. The largest absolute Gasteiger partial charge is 0.413 e. The Hall–Kier alpha value is -2.29. The van der Waals surface area contributed by atoms with Crippen molar-refractivity contribution in [3.63, 3.8) is 0 Å². The minimum atomic E-state index is 0.140. The number of ketones is 1. The van der Waals surface area contributed by atoms with Gasteiger partial charge in [-0.1, -0.05) is 36.4 Å². The van der Waals surface area contributed by atoms with E-state index < -0.39 is 0 Å². The fourth-order valence-corrected chi connectivity index (χ4v) is 2.31. The van der Waals surface area contributed by atoms with Crippen LogP contribution in [0.5, 0.6) is 0 Å². The van der Waals surface area contributed by atoms with Crippen molar-refractivity contribution in [2.75, 3.05) is 6.61 Å². The first-order chi connectivity index (χ1) is 9.27. The van der Waals surface area contributed by atoms with E-state index in [0.717, 1.165) is 11.0 Å². The third-order valence-electron chi connectivity index (χ3n) is 3.21. The SMILES string of the molecule is CC(=O)CCOn1c2ccccc2c2ccccc21. The number of carbonyl (C=O) groups is 1. The number of hydrogen-bond acceptors (Lipinski definition) is 2. The van der Waals surface area contributed by atoms with Crippen molar-refractivity contribution in [1.82, 2.24) is 4.73 Å². The highest BCUT2D eigenvalue weighted by Gasteiger charge is 2.10. The Kier molecular flexibility index (Phi) is 2.95. The molecule has 0 unspecified atom stereocenters. The number of aromatic nitrogens is 1. The van der Waals surface area contributed by atoms with E-state index in [-0.39, 0.29) is 5.78 Å². The summed E-state index contributed by atoms with van der Waals surface area (Å²) < 4.78 is 1.83. The van der Waals surface area contributed by atoms with Gasteiger partial charge in [0.25, 0.3) is 0 Å². The highest BCUT2D eigenvalue weighted by molar-refractivity contribution is 6.07. The predicted octanol–water partition coefficient (Wildman–Crippen LogP) is 3.20. The molecule has 0 bridgehead atoms. The van der Waals surface area contributed by atoms with Crippen LogP contribution in [0.15, 0.2) is 48.5 Å². The van der Waals surface area contributed by atoms with Crippen LogP contribution in [0.2, 0.25) is 0 Å². The first-order valence-electron chi connectivity index (χ1n) is 6.38. The summed E-state index contributed by atoms with van der Waals surface area (Å²) in [4.78, 5) is 16.8. The third kappa shape index (κ3) is 2.08. The summed E-state index contributed by atoms with van der Waals surface area (Å²) in [6, 6.07) is 16.3. The van der Waals surface area contributed by atoms with Crippen LogP contribution in [0.3, 0.4) is 0 Å². The maximum Gasteiger partial charge on any atom is 0.133 e. The third-order valence-corrected chi connectivity index (χ3v) is 3.21. The van der Waals surface area contributed by atoms with E-state index in [4.69, 9.17) is 4.84 Å². The lowest BCUT2D eigenvalue weighted by Gasteiger charge is -2.08. The number of Topliss-reactive ketones (excluding diaryl/α,β-unsaturated/α-hetero) is 1. The summed E-state index contributed by atoms with van der Waals surface area (Å²) in [7, 11) is 0. The van der Waals surface area contributed by atoms with Gasteiger partial charge in [-0.25, -0.2) is 0 Å². The zero-order valence-corrected chi connectivity index (χ0v) is 10.8. The van der Waals surface area contributed by atoms with Crippen molar-refractivity contribution in [3.05, 3.63) is 48.5 Å². The molecule has 0 amide bonds. The molecule has 0 fully saturated rings. The lowest BCUT2D eigenvalue weighted by molar-refractivity contribution is -0.118. The van der Waals surface area contributed by atoms with Gasteiger partial charge < -0.3 is 4.84 Å². The lowest BCUT2D eigenvalue weighted by atomic mass is 10.2.